The van der Waals surface area contributed by atoms with Crippen LogP contribution in [-0.2, 0) is 25.5 Å². The molecule has 2 aromatic carbocycles. The number of esters is 2. The minimum atomic E-state index is -0.479. The number of methoxy groups -OCH3 is 2. The lowest BCUT2D eigenvalue weighted by Crippen LogP contribution is -2.18. The number of phenolic OH excluding ortho intramolecular Hbond substituents is 2. The predicted octanol–water partition coefficient (Wildman–Crippen LogP) is 4.16. The molecule has 0 fully saturated rings. The molecule has 2 N–H and O–H groups in total. The Hall–Kier alpha value is -4.54. The van der Waals surface area contributed by atoms with Crippen molar-refractivity contribution < 1.29 is 48.0 Å². The maximum absolute atomic E-state index is 12.6. The summed E-state index contributed by atoms with van der Waals surface area (Å²) in [6, 6.07) is 5.81. The number of carbonyl (C=O) groups excluding carboxylic acids is 3. The second kappa shape index (κ2) is 14.6. The Balaban J connectivity index is 0.000000282. The van der Waals surface area contributed by atoms with Gasteiger partial charge in [0, 0.05) is 24.1 Å². The van der Waals surface area contributed by atoms with Crippen LogP contribution in [0.15, 0.2) is 33.5 Å². The van der Waals surface area contributed by atoms with Crippen molar-refractivity contribution in [2.45, 2.75) is 47.0 Å². The van der Waals surface area contributed by atoms with Crippen LogP contribution in [0.1, 0.15) is 53.9 Å². The van der Waals surface area contributed by atoms with Crippen molar-refractivity contribution in [3.63, 3.8) is 0 Å². The second-order valence-electron chi connectivity index (χ2n) is 8.56. The molecule has 216 valence electrons. The third kappa shape index (κ3) is 7.98. The van der Waals surface area contributed by atoms with E-state index in [1.807, 2.05) is 6.92 Å². The Kier molecular flexibility index (Phi) is 11.5. The highest BCUT2D eigenvalue weighted by atomic mass is 16.5. The molecule has 1 heterocycles. The van der Waals surface area contributed by atoms with Crippen LogP contribution in [-0.4, -0.2) is 55.4 Å². The number of fused-ring (bicyclic) bond motifs is 1. The first kappa shape index (κ1) is 31.7. The number of hydrogen-bond donors (Lipinski definition) is 2. The number of ketones is 1. The first-order valence-corrected chi connectivity index (χ1v) is 12.5. The number of ether oxygens (including phenoxy) is 4. The molecule has 0 amide bonds. The summed E-state index contributed by atoms with van der Waals surface area (Å²) in [6.45, 7) is 7.49. The first-order chi connectivity index (χ1) is 19.0. The van der Waals surface area contributed by atoms with Crippen molar-refractivity contribution in [1.29, 1.82) is 0 Å². The molecular formula is C29H34O11. The van der Waals surface area contributed by atoms with Crippen LogP contribution >= 0.6 is 0 Å². The van der Waals surface area contributed by atoms with Crippen LogP contribution in [0.25, 0.3) is 11.0 Å². The number of Topliss-reactive ketones (excluding diaryl/α,β-unsaturated/α-hetero) is 1. The molecule has 11 heteroatoms. The Morgan fingerprint density at radius 2 is 1.48 bits per heavy atom. The molecule has 0 saturated heterocycles. The summed E-state index contributed by atoms with van der Waals surface area (Å²) in [6.07, 6.45) is -0.279. The summed E-state index contributed by atoms with van der Waals surface area (Å²) in [4.78, 5) is 47.4. The molecular weight excluding hydrogens is 524 g/mol. The van der Waals surface area contributed by atoms with Gasteiger partial charge in [0.1, 0.15) is 45.3 Å². The molecule has 0 radical (unpaired) electrons. The fourth-order valence-electron chi connectivity index (χ4n) is 3.89. The van der Waals surface area contributed by atoms with Gasteiger partial charge in [0.05, 0.1) is 40.3 Å². The van der Waals surface area contributed by atoms with E-state index in [9.17, 15) is 29.4 Å². The van der Waals surface area contributed by atoms with Crippen molar-refractivity contribution in [3.8, 4) is 23.0 Å². The third-order valence-corrected chi connectivity index (χ3v) is 5.67. The zero-order valence-electron chi connectivity index (χ0n) is 23.4. The van der Waals surface area contributed by atoms with Gasteiger partial charge in [-0.15, -0.1) is 0 Å². The van der Waals surface area contributed by atoms with Gasteiger partial charge >= 0.3 is 11.9 Å². The molecule has 0 aliphatic heterocycles. The average Bonchev–Trinajstić information content (AvgIpc) is 2.89. The van der Waals surface area contributed by atoms with Crippen molar-refractivity contribution in [2.24, 2.45) is 0 Å². The van der Waals surface area contributed by atoms with Gasteiger partial charge in [-0.05, 0) is 45.4 Å². The van der Waals surface area contributed by atoms with Crippen LogP contribution in [0.5, 0.6) is 23.0 Å². The van der Waals surface area contributed by atoms with Gasteiger partial charge in [-0.25, -0.2) is 0 Å². The standard InChI is InChI=1S/C16H18O5.C13H16O6/c1-5-20-14(17)8-11-10(3)21-13-7-9(2)6-12(19-4)15(13)16(11)18;1-3-19-12(17)5-4-9(15)13-10(16)6-8(14)7-11(13)18-2/h6-7H,5,8H2,1-4H3;6-7,14,16H,3-5H2,1-2H3. The van der Waals surface area contributed by atoms with Crippen LogP contribution in [0, 0.1) is 13.8 Å². The summed E-state index contributed by atoms with van der Waals surface area (Å²) in [5, 5.41) is 19.3. The summed E-state index contributed by atoms with van der Waals surface area (Å²) >= 11 is 0. The van der Waals surface area contributed by atoms with Crippen LogP contribution in [0.2, 0.25) is 0 Å². The van der Waals surface area contributed by atoms with E-state index in [1.165, 1.54) is 20.3 Å². The van der Waals surface area contributed by atoms with E-state index in [0.717, 1.165) is 11.6 Å². The molecule has 3 aromatic rings. The highest BCUT2D eigenvalue weighted by Crippen LogP contribution is 2.34. The first-order valence-electron chi connectivity index (χ1n) is 12.5. The van der Waals surface area contributed by atoms with E-state index >= 15 is 0 Å². The summed E-state index contributed by atoms with van der Waals surface area (Å²) in [7, 11) is 2.81. The molecule has 0 aliphatic carbocycles. The second-order valence-corrected chi connectivity index (χ2v) is 8.56. The van der Waals surface area contributed by atoms with Crippen molar-refractivity contribution >= 4 is 28.7 Å². The average molecular weight is 559 g/mol. The SMILES string of the molecule is CCOC(=O)CCC(=O)c1c(O)cc(O)cc1OC.CCOC(=O)Cc1c(C)oc2cc(C)cc(OC)c2c1=O. The van der Waals surface area contributed by atoms with E-state index in [-0.39, 0.29) is 60.7 Å². The van der Waals surface area contributed by atoms with E-state index < -0.39 is 17.7 Å². The molecule has 0 spiro atoms. The van der Waals surface area contributed by atoms with E-state index in [2.05, 4.69) is 0 Å². The fourth-order valence-corrected chi connectivity index (χ4v) is 3.89. The van der Waals surface area contributed by atoms with Crippen LogP contribution in [0.3, 0.4) is 0 Å². The predicted molar refractivity (Wildman–Crippen MR) is 145 cm³/mol. The van der Waals surface area contributed by atoms with Gasteiger partial charge in [0.15, 0.2) is 11.2 Å². The summed E-state index contributed by atoms with van der Waals surface area (Å²) < 4.78 is 25.5. The van der Waals surface area contributed by atoms with Gasteiger partial charge < -0.3 is 33.6 Å². The molecule has 11 nitrogen and oxygen atoms in total. The number of phenols is 2. The monoisotopic (exact) mass is 558 g/mol. The van der Waals surface area contributed by atoms with Gasteiger partial charge in [-0.1, -0.05) is 0 Å². The van der Waals surface area contributed by atoms with Crippen LogP contribution < -0.4 is 14.9 Å². The highest BCUT2D eigenvalue weighted by molar-refractivity contribution is 6.02. The number of carbonyl (C=O) groups is 3. The molecule has 0 saturated carbocycles. The lowest BCUT2D eigenvalue weighted by atomic mass is 10.0. The zero-order valence-corrected chi connectivity index (χ0v) is 23.4. The third-order valence-electron chi connectivity index (χ3n) is 5.67. The minimum absolute atomic E-state index is 0.0513. The Labute approximate surface area is 231 Å². The number of rotatable bonds is 10. The van der Waals surface area contributed by atoms with Gasteiger partial charge in [0.25, 0.3) is 0 Å². The van der Waals surface area contributed by atoms with Crippen molar-refractivity contribution in [3.05, 3.63) is 56.9 Å². The van der Waals surface area contributed by atoms with E-state index in [1.54, 1.807) is 32.9 Å². The van der Waals surface area contributed by atoms with Crippen molar-refractivity contribution in [2.75, 3.05) is 27.4 Å². The molecule has 40 heavy (non-hydrogen) atoms. The topological polar surface area (TPSA) is 159 Å². The minimum Gasteiger partial charge on any atom is -0.508 e. The fraction of sp³-hybridized carbons (Fsp3) is 0.379. The smallest absolute Gasteiger partial charge is 0.310 e. The molecule has 0 aliphatic rings. The quantitative estimate of drug-likeness (QED) is 0.272. The van der Waals surface area contributed by atoms with E-state index in [0.29, 0.717) is 28.0 Å². The summed E-state index contributed by atoms with van der Waals surface area (Å²) in [5.41, 5.74) is 1.40. The molecule has 3 rings (SSSR count). The van der Waals surface area contributed by atoms with Gasteiger partial charge in [0.2, 0.25) is 0 Å². The number of aromatic hydroxyl groups is 2. The molecule has 1 aromatic heterocycles. The zero-order chi connectivity index (χ0) is 30.0. The number of benzene rings is 2. The Morgan fingerprint density at radius 1 is 0.850 bits per heavy atom. The normalized spacial score (nSPS) is 10.3. The summed E-state index contributed by atoms with van der Waals surface area (Å²) in [5.74, 6) is -1.04. The Morgan fingerprint density at radius 3 is 2.08 bits per heavy atom. The van der Waals surface area contributed by atoms with E-state index in [4.69, 9.17) is 23.4 Å². The largest absolute Gasteiger partial charge is 0.508 e. The molecule has 0 bridgehead atoms. The number of aryl methyl sites for hydroxylation is 2. The maximum Gasteiger partial charge on any atom is 0.310 e. The van der Waals surface area contributed by atoms with Crippen LogP contribution in [0.4, 0.5) is 0 Å². The maximum atomic E-state index is 12.6. The lowest BCUT2D eigenvalue weighted by molar-refractivity contribution is -0.143. The molecule has 0 atom stereocenters. The molecule has 0 unspecified atom stereocenters. The van der Waals surface area contributed by atoms with Gasteiger partial charge in [-0.2, -0.15) is 0 Å². The number of hydrogen-bond acceptors (Lipinski definition) is 11. The highest BCUT2D eigenvalue weighted by Gasteiger charge is 2.20. The lowest BCUT2D eigenvalue weighted by Gasteiger charge is -2.10. The van der Waals surface area contributed by atoms with Crippen molar-refractivity contribution in [1.82, 2.24) is 0 Å². The Bertz CT molecular complexity index is 1440. The van der Waals surface area contributed by atoms with Gasteiger partial charge in [-0.3, -0.25) is 19.2 Å².